The quantitative estimate of drug-likeness (QED) is 0.693. The van der Waals surface area contributed by atoms with Gasteiger partial charge in [0, 0.05) is 24.2 Å². The number of hydrogen-bond acceptors (Lipinski definition) is 3. The Morgan fingerprint density at radius 3 is 2.67 bits per heavy atom. The van der Waals surface area contributed by atoms with Crippen molar-refractivity contribution in [1.29, 1.82) is 0 Å². The van der Waals surface area contributed by atoms with Crippen LogP contribution in [0.3, 0.4) is 0 Å². The Morgan fingerprint density at radius 1 is 1.12 bits per heavy atom. The van der Waals surface area contributed by atoms with Crippen molar-refractivity contribution in [3.05, 3.63) is 59.4 Å². The lowest BCUT2D eigenvalue weighted by Gasteiger charge is -2.05. The van der Waals surface area contributed by atoms with Gasteiger partial charge in [-0.15, -0.1) is 0 Å². The Hall–Kier alpha value is -2.48. The Balaban J connectivity index is 1.57. The van der Waals surface area contributed by atoms with E-state index in [9.17, 15) is 18.0 Å². The number of fused-ring (bicyclic) bond motifs is 1. The van der Waals surface area contributed by atoms with E-state index in [1.165, 1.54) is 6.07 Å². The molecule has 0 bridgehead atoms. The van der Waals surface area contributed by atoms with Crippen molar-refractivity contribution in [3.63, 3.8) is 0 Å². The van der Waals surface area contributed by atoms with Crippen LogP contribution in [0.25, 0.3) is 11.0 Å². The molecular weight excluding hydrogens is 339 g/mol. The summed E-state index contributed by atoms with van der Waals surface area (Å²) in [5.41, 5.74) is 1.02. The minimum absolute atomic E-state index is 0.0409. The van der Waals surface area contributed by atoms with Crippen molar-refractivity contribution in [3.8, 4) is 0 Å². The van der Waals surface area contributed by atoms with Gasteiger partial charge in [-0.25, -0.2) is 18.2 Å². The van der Waals surface area contributed by atoms with E-state index in [0.29, 0.717) is 16.2 Å². The normalized spacial score (nSPS) is 11.0. The third-order valence-corrected chi connectivity index (χ3v) is 4.15. The number of thioether (sulfide) groups is 1. The number of halogens is 3. The van der Waals surface area contributed by atoms with Gasteiger partial charge in [0.15, 0.2) is 16.8 Å². The molecule has 2 N–H and O–H groups in total. The maximum atomic E-state index is 13.4. The number of aromatic amines is 1. The zero-order chi connectivity index (χ0) is 17.1. The summed E-state index contributed by atoms with van der Waals surface area (Å²) in [6.45, 7) is 0.0859. The molecule has 0 unspecified atom stereocenters. The summed E-state index contributed by atoms with van der Waals surface area (Å²) in [5, 5.41) is 2.97. The van der Waals surface area contributed by atoms with Crippen LogP contribution in [0.2, 0.25) is 0 Å². The lowest BCUT2D eigenvalue weighted by Crippen LogP contribution is -2.25. The van der Waals surface area contributed by atoms with Gasteiger partial charge in [0.05, 0.1) is 16.8 Å². The second-order valence-corrected chi connectivity index (χ2v) is 5.95. The standard InChI is InChI=1S/C16H12F3N3OS/c17-10-4-2-1-3-9(10)7-20-15(23)8-24-16-21-13-5-11(18)12(19)6-14(13)22-16/h1-6H,7-8H2,(H,20,23)(H,21,22). The lowest BCUT2D eigenvalue weighted by atomic mass is 10.2. The van der Waals surface area contributed by atoms with Gasteiger partial charge < -0.3 is 10.3 Å². The number of hydrogen-bond donors (Lipinski definition) is 2. The predicted octanol–water partition coefficient (Wildman–Crippen LogP) is 3.39. The highest BCUT2D eigenvalue weighted by atomic mass is 32.2. The van der Waals surface area contributed by atoms with Crippen LogP contribution in [0.5, 0.6) is 0 Å². The number of carbonyl (C=O) groups is 1. The molecule has 4 nitrogen and oxygen atoms in total. The van der Waals surface area contributed by atoms with Crippen LogP contribution < -0.4 is 5.32 Å². The van der Waals surface area contributed by atoms with Crippen molar-refractivity contribution in [2.24, 2.45) is 0 Å². The number of imidazole rings is 1. The highest BCUT2D eigenvalue weighted by Crippen LogP contribution is 2.21. The van der Waals surface area contributed by atoms with Crippen molar-refractivity contribution >= 4 is 28.7 Å². The summed E-state index contributed by atoms with van der Waals surface area (Å²) in [7, 11) is 0. The van der Waals surface area contributed by atoms with Crippen LogP contribution >= 0.6 is 11.8 Å². The molecule has 1 aromatic heterocycles. The SMILES string of the molecule is O=C(CSc1nc2cc(F)c(F)cc2[nH]1)NCc1ccccc1F. The van der Waals surface area contributed by atoms with Gasteiger partial charge in [-0.05, 0) is 6.07 Å². The molecule has 0 radical (unpaired) electrons. The molecule has 0 spiro atoms. The van der Waals surface area contributed by atoms with Gasteiger partial charge in [0.1, 0.15) is 5.82 Å². The number of carbonyl (C=O) groups excluding carboxylic acids is 1. The van der Waals surface area contributed by atoms with Crippen LogP contribution in [-0.4, -0.2) is 21.6 Å². The van der Waals surface area contributed by atoms with E-state index < -0.39 is 11.6 Å². The van der Waals surface area contributed by atoms with Gasteiger partial charge in [0.25, 0.3) is 0 Å². The molecule has 0 fully saturated rings. The Labute approximate surface area is 139 Å². The number of amides is 1. The molecule has 2 aromatic carbocycles. The summed E-state index contributed by atoms with van der Waals surface area (Å²) >= 11 is 1.09. The van der Waals surface area contributed by atoms with E-state index >= 15 is 0 Å². The number of aromatic nitrogens is 2. The maximum Gasteiger partial charge on any atom is 0.230 e. The van der Waals surface area contributed by atoms with Crippen molar-refractivity contribution in [1.82, 2.24) is 15.3 Å². The molecular formula is C16H12F3N3OS. The molecule has 0 aliphatic rings. The molecule has 24 heavy (non-hydrogen) atoms. The van der Waals surface area contributed by atoms with Crippen LogP contribution in [0, 0.1) is 17.5 Å². The summed E-state index contributed by atoms with van der Waals surface area (Å²) in [4.78, 5) is 18.7. The van der Waals surface area contributed by atoms with E-state index in [-0.39, 0.29) is 29.5 Å². The van der Waals surface area contributed by atoms with E-state index in [0.717, 1.165) is 23.9 Å². The van der Waals surface area contributed by atoms with Crippen molar-refractivity contribution < 1.29 is 18.0 Å². The summed E-state index contributed by atoms with van der Waals surface area (Å²) in [6, 6.07) is 8.17. The lowest BCUT2D eigenvalue weighted by molar-refractivity contribution is -0.118. The minimum Gasteiger partial charge on any atom is -0.351 e. The number of nitrogens with one attached hydrogen (secondary N) is 2. The molecule has 8 heteroatoms. The summed E-state index contributed by atoms with van der Waals surface area (Å²) < 4.78 is 39.7. The molecule has 0 saturated heterocycles. The summed E-state index contributed by atoms with van der Waals surface area (Å²) in [6.07, 6.45) is 0. The molecule has 0 aliphatic carbocycles. The molecule has 3 rings (SSSR count). The first-order chi connectivity index (χ1) is 11.5. The number of H-pyrrole nitrogens is 1. The Kier molecular flexibility index (Phi) is 4.75. The number of rotatable bonds is 5. The van der Waals surface area contributed by atoms with E-state index in [2.05, 4.69) is 15.3 Å². The number of benzene rings is 2. The van der Waals surface area contributed by atoms with E-state index in [1.54, 1.807) is 18.2 Å². The molecule has 0 aliphatic heterocycles. The molecule has 0 atom stereocenters. The van der Waals surface area contributed by atoms with Gasteiger partial charge in [-0.1, -0.05) is 30.0 Å². The molecule has 124 valence electrons. The zero-order valence-electron chi connectivity index (χ0n) is 12.3. The monoisotopic (exact) mass is 351 g/mol. The van der Waals surface area contributed by atoms with Crippen LogP contribution in [-0.2, 0) is 11.3 Å². The fourth-order valence-corrected chi connectivity index (χ4v) is 2.79. The highest BCUT2D eigenvalue weighted by molar-refractivity contribution is 7.99. The predicted molar refractivity (Wildman–Crippen MR) is 85.0 cm³/mol. The molecule has 1 amide bonds. The zero-order valence-corrected chi connectivity index (χ0v) is 13.1. The van der Waals surface area contributed by atoms with E-state index in [4.69, 9.17) is 0 Å². The summed E-state index contributed by atoms with van der Waals surface area (Å²) in [5.74, 6) is -2.59. The van der Waals surface area contributed by atoms with Crippen molar-refractivity contribution in [2.45, 2.75) is 11.7 Å². The third-order valence-electron chi connectivity index (χ3n) is 3.28. The average Bonchev–Trinajstić information content (AvgIpc) is 2.94. The Morgan fingerprint density at radius 2 is 1.88 bits per heavy atom. The molecule has 0 saturated carbocycles. The van der Waals surface area contributed by atoms with E-state index in [1.807, 2.05) is 0 Å². The van der Waals surface area contributed by atoms with Crippen LogP contribution in [0.4, 0.5) is 13.2 Å². The topological polar surface area (TPSA) is 57.8 Å². The third kappa shape index (κ3) is 3.70. The Bertz CT molecular complexity index is 858. The van der Waals surface area contributed by atoms with Gasteiger partial charge >= 0.3 is 0 Å². The maximum absolute atomic E-state index is 13.4. The first kappa shape index (κ1) is 16.4. The number of nitrogens with zero attached hydrogens (tertiary/aromatic N) is 1. The van der Waals surface area contributed by atoms with Gasteiger partial charge in [0.2, 0.25) is 5.91 Å². The fourth-order valence-electron chi connectivity index (χ4n) is 2.07. The first-order valence-corrected chi connectivity index (χ1v) is 7.99. The van der Waals surface area contributed by atoms with Crippen LogP contribution in [0.1, 0.15) is 5.56 Å². The second kappa shape index (κ2) is 6.96. The van der Waals surface area contributed by atoms with Gasteiger partial charge in [-0.2, -0.15) is 0 Å². The molecule has 3 aromatic rings. The largest absolute Gasteiger partial charge is 0.351 e. The van der Waals surface area contributed by atoms with Gasteiger partial charge in [-0.3, -0.25) is 4.79 Å². The minimum atomic E-state index is -0.979. The highest BCUT2D eigenvalue weighted by Gasteiger charge is 2.11. The van der Waals surface area contributed by atoms with Crippen LogP contribution in [0.15, 0.2) is 41.6 Å². The second-order valence-electron chi connectivity index (χ2n) is 4.98. The fraction of sp³-hybridized carbons (Fsp3) is 0.125. The average molecular weight is 351 g/mol. The van der Waals surface area contributed by atoms with Crippen molar-refractivity contribution in [2.75, 3.05) is 5.75 Å². The smallest absolute Gasteiger partial charge is 0.230 e. The first-order valence-electron chi connectivity index (χ1n) is 7.00. The molecule has 1 heterocycles.